The van der Waals surface area contributed by atoms with Gasteiger partial charge in [0.1, 0.15) is 5.82 Å². The number of benzene rings is 1. The number of rotatable bonds is 5. The van der Waals surface area contributed by atoms with E-state index in [0.29, 0.717) is 23.2 Å². The van der Waals surface area contributed by atoms with Crippen LogP contribution < -0.4 is 10.9 Å². The molecule has 6 nitrogen and oxygen atoms in total. The van der Waals surface area contributed by atoms with Gasteiger partial charge in [-0.15, -0.1) is 0 Å². The van der Waals surface area contributed by atoms with E-state index in [2.05, 4.69) is 29.1 Å². The minimum Gasteiger partial charge on any atom is -0.373 e. The van der Waals surface area contributed by atoms with Gasteiger partial charge in [-0.2, -0.15) is 0 Å². The topological polar surface area (TPSA) is 78.1 Å². The van der Waals surface area contributed by atoms with E-state index in [4.69, 9.17) is 0 Å². The minimum atomic E-state index is -0.342. The van der Waals surface area contributed by atoms with Gasteiger partial charge in [0, 0.05) is 32.5 Å². The Bertz CT molecular complexity index is 824. The normalized spacial score (nSPS) is 20.9. The summed E-state index contributed by atoms with van der Waals surface area (Å²) in [5, 5.41) is 3.00. The number of piperidine rings is 1. The molecule has 6 heteroatoms. The van der Waals surface area contributed by atoms with E-state index in [9.17, 15) is 9.59 Å². The van der Waals surface area contributed by atoms with Crippen LogP contribution in [0.15, 0.2) is 41.5 Å². The lowest BCUT2D eigenvalue weighted by molar-refractivity contribution is -0.134. The van der Waals surface area contributed by atoms with Crippen LogP contribution in [0.1, 0.15) is 43.7 Å². The predicted octanol–water partition coefficient (Wildman–Crippen LogP) is 2.84. The van der Waals surface area contributed by atoms with Crippen molar-refractivity contribution in [1.29, 1.82) is 0 Å². The van der Waals surface area contributed by atoms with Crippen LogP contribution in [0.4, 0.5) is 5.82 Å². The van der Waals surface area contributed by atoms with Gasteiger partial charge in [0.15, 0.2) is 0 Å². The molecule has 1 amide bonds. The van der Waals surface area contributed by atoms with Gasteiger partial charge in [-0.05, 0) is 23.8 Å². The van der Waals surface area contributed by atoms with Crippen LogP contribution in [-0.4, -0.2) is 40.9 Å². The molecular weight excluding hydrogens is 340 g/mol. The Balaban J connectivity index is 1.95. The fraction of sp³-hybridized carbons (Fsp3) is 0.476. The highest BCUT2D eigenvalue weighted by molar-refractivity contribution is 5.78. The summed E-state index contributed by atoms with van der Waals surface area (Å²) in [7, 11) is 1.74. The molecule has 1 fully saturated rings. The highest BCUT2D eigenvalue weighted by atomic mass is 16.2. The number of hydrogen-bond acceptors (Lipinski definition) is 4. The molecule has 1 saturated heterocycles. The molecular formula is C21H28N4O2. The number of amides is 1. The number of nitrogens with zero attached hydrogens (tertiary/aromatic N) is 2. The summed E-state index contributed by atoms with van der Waals surface area (Å²) in [5.74, 6) is 1.27. The highest BCUT2D eigenvalue weighted by Gasteiger charge is 2.30. The van der Waals surface area contributed by atoms with Crippen LogP contribution in [0.5, 0.6) is 0 Å². The summed E-state index contributed by atoms with van der Waals surface area (Å²) in [5.41, 5.74) is 1.24. The van der Waals surface area contributed by atoms with Crippen molar-refractivity contribution in [3.8, 4) is 0 Å². The molecule has 1 aliphatic heterocycles. The van der Waals surface area contributed by atoms with Gasteiger partial charge in [0.2, 0.25) is 5.91 Å². The molecule has 3 unspecified atom stereocenters. The molecule has 2 aromatic rings. The Morgan fingerprint density at radius 2 is 1.93 bits per heavy atom. The van der Waals surface area contributed by atoms with Gasteiger partial charge < -0.3 is 15.2 Å². The molecule has 0 aliphatic carbocycles. The first-order valence-electron chi connectivity index (χ1n) is 9.57. The first kappa shape index (κ1) is 19.1. The first-order chi connectivity index (χ1) is 13.0. The van der Waals surface area contributed by atoms with Gasteiger partial charge >= 0.3 is 0 Å². The second-order valence-corrected chi connectivity index (χ2v) is 7.66. The zero-order valence-electron chi connectivity index (χ0n) is 16.2. The smallest absolute Gasteiger partial charge is 0.256 e. The molecule has 0 spiro atoms. The van der Waals surface area contributed by atoms with Gasteiger partial charge in [0.05, 0.1) is 11.9 Å². The lowest BCUT2D eigenvalue weighted by Gasteiger charge is -2.36. The summed E-state index contributed by atoms with van der Waals surface area (Å²) >= 11 is 0. The summed E-state index contributed by atoms with van der Waals surface area (Å²) in [6.45, 7) is 5.95. The van der Waals surface area contributed by atoms with Crippen molar-refractivity contribution in [2.45, 2.75) is 32.6 Å². The third-order valence-corrected chi connectivity index (χ3v) is 5.28. The van der Waals surface area contributed by atoms with E-state index in [-0.39, 0.29) is 23.8 Å². The molecule has 2 heterocycles. The third kappa shape index (κ3) is 4.38. The molecule has 1 aromatic carbocycles. The van der Waals surface area contributed by atoms with Crippen LogP contribution >= 0.6 is 0 Å². The van der Waals surface area contributed by atoms with Crippen molar-refractivity contribution in [3.05, 3.63) is 58.1 Å². The molecule has 0 bridgehead atoms. The number of aromatic nitrogens is 2. The monoisotopic (exact) mass is 368 g/mol. The standard InChI is InChI=1S/C21H28N4O2/c1-14-9-15(2)12-25(11-14)18(26)10-17(16-7-5-4-6-8-16)19-20(22-3)23-13-24-21(19)27/h4-8,13-15,17H,9-12H2,1-3H3,(H2,22,23,24,27). The number of anilines is 1. The number of likely N-dealkylation sites (tertiary alicyclic amines) is 1. The van der Waals surface area contributed by atoms with E-state index in [0.717, 1.165) is 25.1 Å². The molecule has 2 N–H and O–H groups in total. The first-order valence-corrected chi connectivity index (χ1v) is 9.57. The number of carbonyl (C=O) groups excluding carboxylic acids is 1. The lowest BCUT2D eigenvalue weighted by Crippen LogP contribution is -2.43. The number of hydrogen-bond donors (Lipinski definition) is 2. The molecule has 144 valence electrons. The van der Waals surface area contributed by atoms with Crippen LogP contribution in [0.3, 0.4) is 0 Å². The Labute approximate surface area is 160 Å². The third-order valence-electron chi connectivity index (χ3n) is 5.28. The zero-order valence-corrected chi connectivity index (χ0v) is 16.2. The molecule has 27 heavy (non-hydrogen) atoms. The predicted molar refractivity (Wildman–Crippen MR) is 107 cm³/mol. The van der Waals surface area contributed by atoms with Crippen molar-refractivity contribution >= 4 is 11.7 Å². The zero-order chi connectivity index (χ0) is 19.4. The van der Waals surface area contributed by atoms with E-state index in [1.165, 1.54) is 6.33 Å². The van der Waals surface area contributed by atoms with Crippen molar-refractivity contribution in [2.24, 2.45) is 11.8 Å². The molecule has 1 aromatic heterocycles. The number of nitrogens with one attached hydrogen (secondary N) is 2. The number of H-pyrrole nitrogens is 1. The van der Waals surface area contributed by atoms with E-state index < -0.39 is 0 Å². The van der Waals surface area contributed by atoms with Gasteiger partial charge in [0.25, 0.3) is 5.56 Å². The summed E-state index contributed by atoms with van der Waals surface area (Å²) in [4.78, 5) is 34.6. The Hall–Kier alpha value is -2.63. The van der Waals surface area contributed by atoms with Crippen molar-refractivity contribution in [3.63, 3.8) is 0 Å². The minimum absolute atomic E-state index is 0.0903. The highest BCUT2D eigenvalue weighted by Crippen LogP contribution is 2.31. The fourth-order valence-corrected chi connectivity index (χ4v) is 4.18. The van der Waals surface area contributed by atoms with Crippen molar-refractivity contribution < 1.29 is 4.79 Å². The summed E-state index contributed by atoms with van der Waals surface area (Å²) in [6.07, 6.45) is 2.79. The van der Waals surface area contributed by atoms with Crippen LogP contribution in [0.2, 0.25) is 0 Å². The van der Waals surface area contributed by atoms with Gasteiger partial charge in [-0.3, -0.25) is 9.59 Å². The van der Waals surface area contributed by atoms with Crippen molar-refractivity contribution in [1.82, 2.24) is 14.9 Å². The van der Waals surface area contributed by atoms with Crippen LogP contribution in [0.25, 0.3) is 0 Å². The maximum Gasteiger partial charge on any atom is 0.256 e. The van der Waals surface area contributed by atoms with Crippen LogP contribution in [0, 0.1) is 11.8 Å². The molecule has 3 atom stereocenters. The lowest BCUT2D eigenvalue weighted by atomic mass is 9.87. The molecule has 0 saturated carbocycles. The van der Waals surface area contributed by atoms with Gasteiger partial charge in [-0.1, -0.05) is 44.2 Å². The average Bonchev–Trinajstić information content (AvgIpc) is 2.66. The van der Waals surface area contributed by atoms with Crippen molar-refractivity contribution in [2.75, 3.05) is 25.5 Å². The number of carbonyl (C=O) groups is 1. The van der Waals surface area contributed by atoms with Crippen LogP contribution in [-0.2, 0) is 4.79 Å². The Morgan fingerprint density at radius 3 is 2.56 bits per heavy atom. The second-order valence-electron chi connectivity index (χ2n) is 7.66. The number of aromatic amines is 1. The van der Waals surface area contributed by atoms with Gasteiger partial charge in [-0.25, -0.2) is 4.98 Å². The Morgan fingerprint density at radius 1 is 1.26 bits per heavy atom. The van der Waals surface area contributed by atoms with E-state index in [1.54, 1.807) is 7.05 Å². The molecule has 1 aliphatic rings. The fourth-order valence-electron chi connectivity index (χ4n) is 4.18. The maximum atomic E-state index is 13.1. The second kappa shape index (κ2) is 8.37. The quantitative estimate of drug-likeness (QED) is 0.851. The maximum absolute atomic E-state index is 13.1. The molecule has 0 radical (unpaired) electrons. The SMILES string of the molecule is CNc1nc[nH]c(=O)c1C(CC(=O)N1CC(C)CC(C)C1)c1ccccc1. The molecule has 3 rings (SSSR count). The Kier molecular flexibility index (Phi) is 5.94. The average molecular weight is 368 g/mol. The largest absolute Gasteiger partial charge is 0.373 e. The van der Waals surface area contributed by atoms with E-state index in [1.807, 2.05) is 35.2 Å². The summed E-state index contributed by atoms with van der Waals surface area (Å²) in [6, 6.07) is 9.72. The summed E-state index contributed by atoms with van der Waals surface area (Å²) < 4.78 is 0. The van der Waals surface area contributed by atoms with E-state index >= 15 is 0 Å².